The molecule has 2 heterocycles. The Hall–Kier alpha value is -2.42. The number of hydrogen-bond donors (Lipinski definition) is 1. The lowest BCUT2D eigenvalue weighted by Gasteiger charge is -2.31. The molecule has 0 aliphatic carbocycles. The average molecular weight is 353 g/mol. The van der Waals surface area contributed by atoms with Crippen LogP contribution in [0.1, 0.15) is 24.6 Å². The van der Waals surface area contributed by atoms with Gasteiger partial charge in [0.15, 0.2) is 0 Å². The van der Waals surface area contributed by atoms with Crippen LogP contribution in [0.5, 0.6) is 0 Å². The van der Waals surface area contributed by atoms with Gasteiger partial charge in [-0.3, -0.25) is 14.9 Å². The van der Waals surface area contributed by atoms with Gasteiger partial charge in [-0.2, -0.15) is 0 Å². The Morgan fingerprint density at radius 3 is 2.75 bits per heavy atom. The first kappa shape index (κ1) is 17.9. The quantitative estimate of drug-likeness (QED) is 0.497. The molecule has 2 amide bonds. The van der Waals surface area contributed by atoms with Gasteiger partial charge in [-0.05, 0) is 31.9 Å². The molecule has 0 aromatic carbocycles. The van der Waals surface area contributed by atoms with Gasteiger partial charge in [-0.15, -0.1) is 0 Å². The third-order valence-electron chi connectivity index (χ3n) is 3.56. The van der Waals surface area contributed by atoms with Gasteiger partial charge in [0.1, 0.15) is 0 Å². The van der Waals surface area contributed by atoms with Crippen molar-refractivity contribution in [3.63, 3.8) is 0 Å². The number of nitrogens with zero attached hydrogens (tertiary/aromatic N) is 2. The highest BCUT2D eigenvalue weighted by molar-refractivity contribution is 7.16. The molecule has 1 aliphatic rings. The molecular weight excluding hydrogens is 334 g/mol. The van der Waals surface area contributed by atoms with E-state index in [9.17, 15) is 19.7 Å². The smallest absolute Gasteiger partial charge is 0.409 e. The van der Waals surface area contributed by atoms with E-state index in [4.69, 9.17) is 4.74 Å². The molecule has 1 saturated heterocycles. The number of ether oxygens (including phenoxy) is 1. The fourth-order valence-corrected chi connectivity index (χ4v) is 3.08. The predicted molar refractivity (Wildman–Crippen MR) is 89.8 cm³/mol. The van der Waals surface area contributed by atoms with Gasteiger partial charge in [0.05, 0.1) is 11.5 Å². The second-order valence-corrected chi connectivity index (χ2v) is 6.33. The van der Waals surface area contributed by atoms with E-state index < -0.39 is 4.92 Å². The first-order chi connectivity index (χ1) is 11.5. The second kappa shape index (κ2) is 8.44. The zero-order valence-electron chi connectivity index (χ0n) is 13.3. The maximum absolute atomic E-state index is 11.9. The molecule has 1 aromatic heterocycles. The van der Waals surface area contributed by atoms with Crippen LogP contribution in [0, 0.1) is 10.1 Å². The van der Waals surface area contributed by atoms with Crippen molar-refractivity contribution in [3.8, 4) is 0 Å². The summed E-state index contributed by atoms with van der Waals surface area (Å²) in [6.07, 6.45) is 3.95. The molecule has 24 heavy (non-hydrogen) atoms. The van der Waals surface area contributed by atoms with E-state index in [0.717, 1.165) is 11.3 Å². The van der Waals surface area contributed by atoms with Crippen LogP contribution in [-0.4, -0.2) is 47.6 Å². The average Bonchev–Trinajstić information content (AvgIpc) is 3.03. The Morgan fingerprint density at radius 2 is 2.17 bits per heavy atom. The molecule has 9 heteroatoms. The van der Waals surface area contributed by atoms with E-state index in [2.05, 4.69) is 5.32 Å². The second-order valence-electron chi connectivity index (χ2n) is 5.24. The molecule has 8 nitrogen and oxygen atoms in total. The van der Waals surface area contributed by atoms with E-state index in [1.54, 1.807) is 24.0 Å². The number of nitrogens with one attached hydrogen (secondary N) is 1. The van der Waals surface area contributed by atoms with Gasteiger partial charge < -0.3 is 15.0 Å². The normalized spacial score (nSPS) is 15.5. The highest BCUT2D eigenvalue weighted by Gasteiger charge is 2.24. The number of rotatable bonds is 5. The molecule has 2 rings (SSSR count). The number of carbonyl (C=O) groups is 2. The van der Waals surface area contributed by atoms with E-state index in [-0.39, 0.29) is 23.0 Å². The van der Waals surface area contributed by atoms with Gasteiger partial charge in [-0.25, -0.2) is 4.79 Å². The predicted octanol–water partition coefficient (Wildman–Crippen LogP) is 2.41. The minimum Gasteiger partial charge on any atom is -0.450 e. The third-order valence-corrected chi connectivity index (χ3v) is 4.56. The number of thiophene rings is 1. The fourth-order valence-electron chi connectivity index (χ4n) is 2.36. The summed E-state index contributed by atoms with van der Waals surface area (Å²) in [7, 11) is 0. The Kier molecular flexibility index (Phi) is 6.30. The van der Waals surface area contributed by atoms with Gasteiger partial charge in [-0.1, -0.05) is 11.3 Å². The van der Waals surface area contributed by atoms with Crippen LogP contribution in [0.15, 0.2) is 18.2 Å². The van der Waals surface area contributed by atoms with Gasteiger partial charge in [0.2, 0.25) is 5.91 Å². The molecule has 1 N–H and O–H groups in total. The Morgan fingerprint density at radius 1 is 1.46 bits per heavy atom. The van der Waals surface area contributed by atoms with Crippen molar-refractivity contribution in [2.75, 3.05) is 19.7 Å². The molecule has 0 unspecified atom stereocenters. The minimum atomic E-state index is -0.459. The van der Waals surface area contributed by atoms with E-state index in [1.807, 2.05) is 0 Å². The topological polar surface area (TPSA) is 102 Å². The van der Waals surface area contributed by atoms with Crippen LogP contribution in [0.25, 0.3) is 6.08 Å². The number of carbonyl (C=O) groups excluding carboxylic acids is 2. The first-order valence-electron chi connectivity index (χ1n) is 7.64. The summed E-state index contributed by atoms with van der Waals surface area (Å²) in [5.74, 6) is -0.249. The first-order valence-corrected chi connectivity index (χ1v) is 8.45. The lowest BCUT2D eigenvalue weighted by Crippen LogP contribution is -2.46. The molecule has 0 atom stereocenters. The van der Waals surface area contributed by atoms with Crippen LogP contribution >= 0.6 is 11.3 Å². The van der Waals surface area contributed by atoms with Crippen LogP contribution < -0.4 is 5.32 Å². The van der Waals surface area contributed by atoms with Gasteiger partial charge in [0, 0.05) is 36.2 Å². The van der Waals surface area contributed by atoms with Crippen LogP contribution in [0.4, 0.5) is 9.80 Å². The van der Waals surface area contributed by atoms with Crippen LogP contribution in [0.2, 0.25) is 0 Å². The largest absolute Gasteiger partial charge is 0.450 e. The molecule has 1 aliphatic heterocycles. The maximum atomic E-state index is 11.9. The molecule has 0 spiro atoms. The van der Waals surface area contributed by atoms with Crippen molar-refractivity contribution >= 4 is 34.4 Å². The highest BCUT2D eigenvalue weighted by Crippen LogP contribution is 2.24. The summed E-state index contributed by atoms with van der Waals surface area (Å²) in [6, 6.07) is 3.02. The number of nitro groups is 1. The summed E-state index contributed by atoms with van der Waals surface area (Å²) in [5.41, 5.74) is 0. The molecular formula is C15H19N3O5S. The van der Waals surface area contributed by atoms with Crippen molar-refractivity contribution in [1.82, 2.24) is 10.2 Å². The van der Waals surface area contributed by atoms with Crippen molar-refractivity contribution in [2.45, 2.75) is 25.8 Å². The lowest BCUT2D eigenvalue weighted by molar-refractivity contribution is -0.380. The number of likely N-dealkylation sites (tertiary alicyclic amines) is 1. The molecule has 1 fully saturated rings. The minimum absolute atomic E-state index is 0.00509. The zero-order chi connectivity index (χ0) is 17.5. The summed E-state index contributed by atoms with van der Waals surface area (Å²) in [4.78, 5) is 35.9. The molecule has 130 valence electrons. The fraction of sp³-hybridized carbons (Fsp3) is 0.467. The number of hydrogen-bond acceptors (Lipinski definition) is 6. The monoisotopic (exact) mass is 353 g/mol. The zero-order valence-corrected chi connectivity index (χ0v) is 14.1. The van der Waals surface area contributed by atoms with Crippen LogP contribution in [0.3, 0.4) is 0 Å². The summed E-state index contributed by atoms with van der Waals surface area (Å²) >= 11 is 1.01. The van der Waals surface area contributed by atoms with Crippen molar-refractivity contribution < 1.29 is 19.2 Å². The van der Waals surface area contributed by atoms with Crippen molar-refractivity contribution in [3.05, 3.63) is 33.2 Å². The van der Waals surface area contributed by atoms with Crippen molar-refractivity contribution in [2.24, 2.45) is 0 Å². The number of piperidine rings is 1. The third kappa shape index (κ3) is 5.05. The standard InChI is InChI=1S/C15H19N3O5S/c1-2-23-15(20)17-9-7-11(8-10-17)16-13(19)5-3-12-4-6-14(24-12)18(21)22/h3-6,11H,2,7-10H2,1H3,(H,16,19)/b5-3+. The van der Waals surface area contributed by atoms with Gasteiger partial charge in [0.25, 0.3) is 0 Å². The Balaban J connectivity index is 1.78. The van der Waals surface area contributed by atoms with E-state index in [1.165, 1.54) is 12.1 Å². The Labute approximate surface area is 143 Å². The maximum Gasteiger partial charge on any atom is 0.409 e. The molecule has 0 radical (unpaired) electrons. The highest BCUT2D eigenvalue weighted by atomic mass is 32.1. The summed E-state index contributed by atoms with van der Waals surface area (Å²) in [6.45, 7) is 3.20. The SMILES string of the molecule is CCOC(=O)N1CCC(NC(=O)/C=C/c2ccc([N+](=O)[O-])s2)CC1. The Bertz CT molecular complexity index is 635. The van der Waals surface area contributed by atoms with E-state index in [0.29, 0.717) is 37.4 Å². The lowest BCUT2D eigenvalue weighted by atomic mass is 10.1. The summed E-state index contributed by atoms with van der Waals surface area (Å²) in [5, 5.41) is 13.5. The summed E-state index contributed by atoms with van der Waals surface area (Å²) < 4.78 is 4.95. The molecule has 0 bridgehead atoms. The molecule has 1 aromatic rings. The van der Waals surface area contributed by atoms with E-state index >= 15 is 0 Å². The molecule has 0 saturated carbocycles. The van der Waals surface area contributed by atoms with Gasteiger partial charge >= 0.3 is 11.1 Å². The van der Waals surface area contributed by atoms with Crippen LogP contribution in [-0.2, 0) is 9.53 Å². The van der Waals surface area contributed by atoms with Crippen molar-refractivity contribution in [1.29, 1.82) is 0 Å². The number of amides is 2.